The molecule has 0 radical (unpaired) electrons. The molecular weight excluding hydrogens is 536 g/mol. The van der Waals surface area contributed by atoms with E-state index < -0.39 is 0 Å². The highest BCUT2D eigenvalue weighted by Crippen LogP contribution is 2.06. The molecule has 0 unspecified atom stereocenters. The summed E-state index contributed by atoms with van der Waals surface area (Å²) < 4.78 is 4.43. The minimum absolute atomic E-state index is 0. The van der Waals surface area contributed by atoms with Gasteiger partial charge in [-0.3, -0.25) is 0 Å². The van der Waals surface area contributed by atoms with E-state index in [0.29, 0.717) is 0 Å². The Morgan fingerprint density at radius 2 is 0.406 bits per heavy atom. The third kappa shape index (κ3) is 52.6. The van der Waals surface area contributed by atoms with Gasteiger partial charge in [0.1, 0.15) is 0 Å². The molecule has 0 rings (SSSR count). The van der Waals surface area contributed by atoms with Crippen LogP contribution in [0.15, 0.2) is 0 Å². The van der Waals surface area contributed by atoms with E-state index in [0.717, 1.165) is 17.9 Å². The minimum Gasteiger partial charge on any atom is -1.00 e. The first kappa shape index (κ1) is 46.1. The van der Waals surface area contributed by atoms with Crippen molar-refractivity contribution in [3.8, 4) is 0 Å². The van der Waals surface area contributed by atoms with Gasteiger partial charge in [-0.25, -0.2) is 0 Å². The number of nitrogens with zero attached hydrogens (tertiary/aromatic N) is 4. The number of unbranched alkanes of at least 4 members (excludes halogenated alkanes) is 6. The first-order chi connectivity index (χ1) is 12.4. The molecule has 0 atom stereocenters. The molecule has 6 nitrogen and oxygen atoms in total. The first-order valence-electron chi connectivity index (χ1n) is 11.6. The molecule has 0 aromatic carbocycles. The van der Waals surface area contributed by atoms with Crippen molar-refractivity contribution in [1.82, 2.24) is 0 Å². The molecule has 0 bridgehead atoms. The molecule has 0 aromatic rings. The predicted octanol–water partition coefficient (Wildman–Crippen LogP) is -3.72. The van der Waals surface area contributed by atoms with Gasteiger partial charge in [-0.2, -0.15) is 0 Å². The molecule has 0 amide bonds. The normalized spacial score (nSPS) is 11.6. The van der Waals surface area contributed by atoms with Crippen LogP contribution in [-0.2, 0) is 0 Å². The summed E-state index contributed by atoms with van der Waals surface area (Å²) in [5.74, 6) is 0. The molecule has 8 heteroatoms. The molecule has 0 heterocycles. The Labute approximate surface area is 224 Å². The molecule has 0 aliphatic rings. The van der Waals surface area contributed by atoms with Crippen LogP contribution >= 0.6 is 0 Å². The van der Waals surface area contributed by atoms with Crippen LogP contribution in [0, 0.1) is 0 Å². The minimum atomic E-state index is 0. The zero-order valence-corrected chi connectivity index (χ0v) is 27.2. The molecule has 4 N–H and O–H groups in total. The molecular formula is C24H64Br2N4O2+2. The lowest BCUT2D eigenvalue weighted by Crippen LogP contribution is -3.00. The van der Waals surface area contributed by atoms with Crippen molar-refractivity contribution in [2.75, 3.05) is 111 Å². The summed E-state index contributed by atoms with van der Waals surface area (Å²) >= 11 is 0. The van der Waals surface area contributed by atoms with Crippen molar-refractivity contribution in [3.05, 3.63) is 0 Å². The fourth-order valence-corrected chi connectivity index (χ4v) is 3.05. The lowest BCUT2D eigenvalue weighted by Gasteiger charge is -2.25. The maximum absolute atomic E-state index is 2.27. The predicted molar refractivity (Wildman–Crippen MR) is 136 cm³/mol. The molecule has 0 aliphatic heterocycles. The summed E-state index contributed by atoms with van der Waals surface area (Å²) in [6.45, 7) is 5.24. The van der Waals surface area contributed by atoms with E-state index in [1.54, 1.807) is 0 Å². The van der Waals surface area contributed by atoms with Gasteiger partial charge in [0.25, 0.3) is 0 Å². The standard InChI is InChI=1S/2C12H30N2.2BrH.2H2O/c2*1-13(2,3)11-9-7-8-10-12-14(4,5)6;;;;/h2*7-12H2,1-6H3;2*1H;2*1H2/q2*+2;;;;/p-2. The zero-order chi connectivity index (χ0) is 22.5. The van der Waals surface area contributed by atoms with Gasteiger partial charge in [0.15, 0.2) is 0 Å². The Morgan fingerprint density at radius 1 is 0.281 bits per heavy atom. The fraction of sp³-hybridized carbons (Fsp3) is 1.00. The Morgan fingerprint density at radius 3 is 0.500 bits per heavy atom. The Kier molecular flexibility index (Phi) is 32.0. The van der Waals surface area contributed by atoms with Crippen molar-refractivity contribution in [3.63, 3.8) is 0 Å². The number of hydrogen-bond acceptors (Lipinski definition) is 0. The highest BCUT2D eigenvalue weighted by molar-refractivity contribution is 4.43. The molecule has 0 spiro atoms. The average molecular weight is 601 g/mol. The lowest BCUT2D eigenvalue weighted by atomic mass is 10.1. The van der Waals surface area contributed by atoms with Crippen molar-refractivity contribution >= 4 is 0 Å². The zero-order valence-electron chi connectivity index (χ0n) is 24.0. The van der Waals surface area contributed by atoms with Crippen molar-refractivity contribution in [2.24, 2.45) is 0 Å². The van der Waals surface area contributed by atoms with Crippen LogP contribution in [0.5, 0.6) is 0 Å². The SMILES string of the molecule is C[N+](C)(C)CCCCCC[N+](C)(C)C.C[N+](C)(C)CCCCCC[N+](C)(C)C.O.O.[Br-].[Br-]. The second-order valence-electron chi connectivity index (χ2n) is 12.9. The number of rotatable bonds is 14. The summed E-state index contributed by atoms with van der Waals surface area (Å²) in [6, 6.07) is 0. The Hall–Kier alpha value is 0.720. The quantitative estimate of drug-likeness (QED) is 0.146. The van der Waals surface area contributed by atoms with Crippen molar-refractivity contribution < 1.29 is 62.8 Å². The van der Waals surface area contributed by atoms with Crippen LogP contribution in [0.25, 0.3) is 0 Å². The summed E-state index contributed by atoms with van der Waals surface area (Å²) in [5, 5.41) is 0. The Bertz CT molecular complexity index is 300. The second kappa shape index (κ2) is 22.2. The van der Waals surface area contributed by atoms with Crippen LogP contribution in [0.3, 0.4) is 0 Å². The number of hydrogen-bond donors (Lipinski definition) is 0. The lowest BCUT2D eigenvalue weighted by molar-refractivity contribution is -0.871. The summed E-state index contributed by atoms with van der Waals surface area (Å²) in [7, 11) is 27.2. The smallest absolute Gasteiger partial charge is 0.0780 e. The van der Waals surface area contributed by atoms with Gasteiger partial charge in [-0.1, -0.05) is 0 Å². The molecule has 0 aliphatic carbocycles. The summed E-state index contributed by atoms with van der Waals surface area (Å²) in [4.78, 5) is 0. The number of halogens is 2. The third-order valence-corrected chi connectivity index (χ3v) is 4.82. The largest absolute Gasteiger partial charge is 1.00 e. The van der Waals surface area contributed by atoms with E-state index in [1.807, 2.05) is 0 Å². The topological polar surface area (TPSA) is 63.0 Å². The molecule has 32 heavy (non-hydrogen) atoms. The van der Waals surface area contributed by atoms with Gasteiger partial charge >= 0.3 is 0 Å². The molecule has 204 valence electrons. The molecule has 0 saturated carbocycles. The maximum Gasteiger partial charge on any atom is 0.0780 e. The summed E-state index contributed by atoms with van der Waals surface area (Å²) in [5.41, 5.74) is 0. The van der Waals surface area contributed by atoms with Crippen LogP contribution < -0.4 is 34.0 Å². The summed E-state index contributed by atoms with van der Waals surface area (Å²) in [6.07, 6.45) is 11.1. The monoisotopic (exact) mass is 598 g/mol. The van der Waals surface area contributed by atoms with E-state index in [9.17, 15) is 0 Å². The third-order valence-electron chi connectivity index (χ3n) is 4.82. The number of quaternary nitrogens is 4. The van der Waals surface area contributed by atoms with Gasteiger partial charge < -0.3 is 62.8 Å². The van der Waals surface area contributed by atoms with E-state index in [1.165, 1.54) is 77.5 Å². The van der Waals surface area contributed by atoms with E-state index in [4.69, 9.17) is 0 Å². The molecule has 0 saturated heterocycles. The average Bonchev–Trinajstić information content (AvgIpc) is 2.43. The van der Waals surface area contributed by atoms with E-state index >= 15 is 0 Å². The van der Waals surface area contributed by atoms with Crippen LogP contribution in [0.2, 0.25) is 0 Å². The van der Waals surface area contributed by atoms with Crippen LogP contribution in [0.1, 0.15) is 51.4 Å². The van der Waals surface area contributed by atoms with Gasteiger partial charge in [0.05, 0.1) is 111 Å². The van der Waals surface area contributed by atoms with Gasteiger partial charge in [0.2, 0.25) is 0 Å². The molecule has 0 aromatic heterocycles. The van der Waals surface area contributed by atoms with Gasteiger partial charge in [-0.15, -0.1) is 0 Å². The maximum atomic E-state index is 2.27. The van der Waals surface area contributed by atoms with Crippen LogP contribution in [-0.4, -0.2) is 140 Å². The van der Waals surface area contributed by atoms with Gasteiger partial charge in [0, 0.05) is 0 Å². The Balaban J connectivity index is -0.0000000939. The van der Waals surface area contributed by atoms with Crippen molar-refractivity contribution in [1.29, 1.82) is 0 Å². The van der Waals surface area contributed by atoms with Gasteiger partial charge in [-0.05, 0) is 51.4 Å². The van der Waals surface area contributed by atoms with E-state index in [-0.39, 0.29) is 44.9 Å². The highest BCUT2D eigenvalue weighted by atomic mass is 79.9. The highest BCUT2D eigenvalue weighted by Gasteiger charge is 2.09. The van der Waals surface area contributed by atoms with Crippen LogP contribution in [0.4, 0.5) is 0 Å². The second-order valence-corrected chi connectivity index (χ2v) is 12.9. The van der Waals surface area contributed by atoms with Crippen molar-refractivity contribution in [2.45, 2.75) is 51.4 Å². The molecule has 0 fully saturated rings. The fourth-order valence-electron chi connectivity index (χ4n) is 3.05. The van der Waals surface area contributed by atoms with E-state index in [2.05, 4.69) is 84.6 Å². The first-order valence-corrected chi connectivity index (χ1v) is 11.6.